The maximum atomic E-state index is 12.2. The Balaban J connectivity index is 2.26. The van der Waals surface area contributed by atoms with E-state index in [0.717, 1.165) is 5.56 Å². The van der Waals surface area contributed by atoms with E-state index in [2.05, 4.69) is 9.82 Å². The van der Waals surface area contributed by atoms with E-state index in [1.807, 2.05) is 30.3 Å². The van der Waals surface area contributed by atoms with Crippen LogP contribution >= 0.6 is 0 Å². The number of aromatic nitrogens is 2. The first-order chi connectivity index (χ1) is 9.38. The molecular weight excluding hydrogens is 274 g/mol. The van der Waals surface area contributed by atoms with Gasteiger partial charge in [0, 0.05) is 12.2 Å². The smallest absolute Gasteiger partial charge is 0.244 e. The van der Waals surface area contributed by atoms with Crippen molar-refractivity contribution in [2.45, 2.75) is 38.3 Å². The SMILES string of the molecule is Cc1nn(Cc2ccccc2)cc1S(=O)(=O)NC(C)C. The predicted molar refractivity (Wildman–Crippen MR) is 78.0 cm³/mol. The van der Waals surface area contributed by atoms with Gasteiger partial charge in [0.1, 0.15) is 4.90 Å². The van der Waals surface area contributed by atoms with Crippen molar-refractivity contribution >= 4 is 10.0 Å². The first-order valence-electron chi connectivity index (χ1n) is 6.49. The number of rotatable bonds is 5. The fraction of sp³-hybridized carbons (Fsp3) is 0.357. The highest BCUT2D eigenvalue weighted by Gasteiger charge is 2.21. The molecule has 2 aromatic rings. The van der Waals surface area contributed by atoms with Gasteiger partial charge in [-0.05, 0) is 26.3 Å². The predicted octanol–water partition coefficient (Wildman–Crippen LogP) is 1.93. The average Bonchev–Trinajstić information content (AvgIpc) is 2.70. The molecule has 6 heteroatoms. The van der Waals surface area contributed by atoms with Crippen LogP contribution in [0.15, 0.2) is 41.4 Å². The van der Waals surface area contributed by atoms with Gasteiger partial charge in [-0.25, -0.2) is 13.1 Å². The van der Waals surface area contributed by atoms with Crippen molar-refractivity contribution in [3.63, 3.8) is 0 Å². The molecule has 0 aliphatic rings. The lowest BCUT2D eigenvalue weighted by atomic mass is 10.2. The molecule has 108 valence electrons. The van der Waals surface area contributed by atoms with Crippen LogP contribution in [-0.2, 0) is 16.6 Å². The number of nitrogens with one attached hydrogen (secondary N) is 1. The molecular formula is C14H19N3O2S. The number of hydrogen-bond acceptors (Lipinski definition) is 3. The Kier molecular flexibility index (Phi) is 4.25. The van der Waals surface area contributed by atoms with Crippen molar-refractivity contribution in [1.82, 2.24) is 14.5 Å². The minimum atomic E-state index is -3.49. The molecule has 20 heavy (non-hydrogen) atoms. The zero-order valence-electron chi connectivity index (χ0n) is 11.9. The van der Waals surface area contributed by atoms with Gasteiger partial charge < -0.3 is 0 Å². The van der Waals surface area contributed by atoms with Crippen LogP contribution in [0.4, 0.5) is 0 Å². The van der Waals surface area contributed by atoms with Gasteiger partial charge in [0.15, 0.2) is 0 Å². The van der Waals surface area contributed by atoms with E-state index in [4.69, 9.17) is 0 Å². The third kappa shape index (κ3) is 3.46. The Labute approximate surface area is 119 Å². The third-order valence-electron chi connectivity index (χ3n) is 2.77. The van der Waals surface area contributed by atoms with Crippen LogP contribution in [0.3, 0.4) is 0 Å². The van der Waals surface area contributed by atoms with Gasteiger partial charge in [0.25, 0.3) is 0 Å². The van der Waals surface area contributed by atoms with E-state index >= 15 is 0 Å². The molecule has 0 bridgehead atoms. The lowest BCUT2D eigenvalue weighted by Crippen LogP contribution is -2.30. The van der Waals surface area contributed by atoms with Gasteiger partial charge in [-0.3, -0.25) is 4.68 Å². The van der Waals surface area contributed by atoms with Crippen molar-refractivity contribution < 1.29 is 8.42 Å². The van der Waals surface area contributed by atoms with Crippen LogP contribution in [0, 0.1) is 6.92 Å². The molecule has 5 nitrogen and oxygen atoms in total. The van der Waals surface area contributed by atoms with Crippen LogP contribution in [-0.4, -0.2) is 24.2 Å². The summed E-state index contributed by atoms with van der Waals surface area (Å²) in [7, 11) is -3.49. The first kappa shape index (κ1) is 14.7. The Hall–Kier alpha value is -1.66. The summed E-state index contributed by atoms with van der Waals surface area (Å²) < 4.78 is 28.6. The van der Waals surface area contributed by atoms with Gasteiger partial charge in [-0.2, -0.15) is 5.10 Å². The monoisotopic (exact) mass is 293 g/mol. The zero-order chi connectivity index (χ0) is 14.8. The quantitative estimate of drug-likeness (QED) is 0.916. The average molecular weight is 293 g/mol. The van der Waals surface area contributed by atoms with Crippen LogP contribution in [0.1, 0.15) is 25.1 Å². The fourth-order valence-electron chi connectivity index (χ4n) is 1.99. The molecule has 0 amide bonds. The second-order valence-corrected chi connectivity index (χ2v) is 6.72. The molecule has 2 rings (SSSR count). The molecule has 0 fully saturated rings. The molecule has 0 atom stereocenters. The van der Waals surface area contributed by atoms with Crippen molar-refractivity contribution in [2.24, 2.45) is 0 Å². The minimum Gasteiger partial charge on any atom is -0.267 e. The fourth-order valence-corrected chi connectivity index (χ4v) is 3.43. The number of aryl methyl sites for hydroxylation is 1. The van der Waals surface area contributed by atoms with Crippen LogP contribution in [0.2, 0.25) is 0 Å². The summed E-state index contributed by atoms with van der Waals surface area (Å²) in [6.45, 7) is 5.85. The number of nitrogens with zero attached hydrogens (tertiary/aromatic N) is 2. The summed E-state index contributed by atoms with van der Waals surface area (Å²) in [5, 5.41) is 4.28. The van der Waals surface area contributed by atoms with Crippen molar-refractivity contribution in [2.75, 3.05) is 0 Å². The Morgan fingerprint density at radius 2 is 1.90 bits per heavy atom. The lowest BCUT2D eigenvalue weighted by molar-refractivity contribution is 0.569. The van der Waals surface area contributed by atoms with Crippen molar-refractivity contribution in [3.8, 4) is 0 Å². The van der Waals surface area contributed by atoms with Gasteiger partial charge in [0.2, 0.25) is 10.0 Å². The maximum absolute atomic E-state index is 12.2. The van der Waals surface area contributed by atoms with Crippen LogP contribution < -0.4 is 4.72 Å². The largest absolute Gasteiger partial charge is 0.267 e. The second kappa shape index (κ2) is 5.76. The van der Waals surface area contributed by atoms with Gasteiger partial charge in [-0.1, -0.05) is 30.3 Å². The van der Waals surface area contributed by atoms with E-state index < -0.39 is 10.0 Å². The summed E-state index contributed by atoms with van der Waals surface area (Å²) in [4.78, 5) is 0.238. The Morgan fingerprint density at radius 1 is 1.25 bits per heavy atom. The summed E-state index contributed by atoms with van der Waals surface area (Å²) in [5.41, 5.74) is 1.59. The standard InChI is InChI=1S/C14H19N3O2S/c1-11(2)16-20(18,19)14-10-17(15-12(14)3)9-13-7-5-4-6-8-13/h4-8,10-11,16H,9H2,1-3H3. The zero-order valence-corrected chi connectivity index (χ0v) is 12.7. The molecule has 0 spiro atoms. The molecule has 0 aliphatic heterocycles. The Bertz CT molecular complexity index is 676. The molecule has 0 unspecified atom stereocenters. The topological polar surface area (TPSA) is 64.0 Å². The molecule has 0 saturated heterocycles. The maximum Gasteiger partial charge on any atom is 0.244 e. The minimum absolute atomic E-state index is 0.142. The van der Waals surface area contributed by atoms with Gasteiger partial charge in [0.05, 0.1) is 12.2 Å². The summed E-state index contributed by atoms with van der Waals surface area (Å²) in [6.07, 6.45) is 1.58. The molecule has 1 aromatic carbocycles. The first-order valence-corrected chi connectivity index (χ1v) is 7.97. The molecule has 0 aliphatic carbocycles. The van der Waals surface area contributed by atoms with E-state index in [-0.39, 0.29) is 10.9 Å². The molecule has 1 heterocycles. The Morgan fingerprint density at radius 3 is 2.50 bits per heavy atom. The highest BCUT2D eigenvalue weighted by atomic mass is 32.2. The lowest BCUT2D eigenvalue weighted by Gasteiger charge is -2.07. The van der Waals surface area contributed by atoms with Gasteiger partial charge in [-0.15, -0.1) is 0 Å². The number of sulfonamides is 1. The highest BCUT2D eigenvalue weighted by molar-refractivity contribution is 7.89. The normalized spacial score (nSPS) is 12.0. The van der Waals surface area contributed by atoms with E-state index in [1.165, 1.54) is 0 Å². The number of hydrogen-bond donors (Lipinski definition) is 1. The van der Waals surface area contributed by atoms with E-state index in [1.54, 1.807) is 31.6 Å². The molecule has 0 saturated carbocycles. The van der Waals surface area contributed by atoms with Crippen LogP contribution in [0.5, 0.6) is 0 Å². The summed E-state index contributed by atoms with van der Waals surface area (Å²) >= 11 is 0. The summed E-state index contributed by atoms with van der Waals surface area (Å²) in [6, 6.07) is 9.67. The molecule has 1 aromatic heterocycles. The summed E-state index contributed by atoms with van der Waals surface area (Å²) in [5.74, 6) is 0. The van der Waals surface area contributed by atoms with Crippen molar-refractivity contribution in [3.05, 3.63) is 47.8 Å². The van der Waals surface area contributed by atoms with E-state index in [9.17, 15) is 8.42 Å². The third-order valence-corrected chi connectivity index (χ3v) is 4.53. The van der Waals surface area contributed by atoms with Gasteiger partial charge >= 0.3 is 0 Å². The van der Waals surface area contributed by atoms with Crippen molar-refractivity contribution in [1.29, 1.82) is 0 Å². The van der Waals surface area contributed by atoms with Crippen LogP contribution in [0.25, 0.3) is 0 Å². The second-order valence-electron chi connectivity index (χ2n) is 5.04. The van der Waals surface area contributed by atoms with E-state index in [0.29, 0.717) is 12.2 Å². The molecule has 0 radical (unpaired) electrons. The highest BCUT2D eigenvalue weighted by Crippen LogP contribution is 2.14. The molecule has 1 N–H and O–H groups in total. The number of benzene rings is 1.